The molecular formula is C49H38O4. The van der Waals surface area contributed by atoms with Crippen molar-refractivity contribution < 1.29 is 19.7 Å². The quantitative estimate of drug-likeness (QED) is 0.150. The van der Waals surface area contributed by atoms with Gasteiger partial charge in [0.15, 0.2) is 0 Å². The Labute approximate surface area is 309 Å². The molecule has 1 aliphatic carbocycles. The number of aliphatic hydroxyl groups excluding tert-OH is 2. The number of rotatable bonds is 10. The van der Waals surface area contributed by atoms with Crippen LogP contribution in [0.25, 0.3) is 54.9 Å². The predicted molar refractivity (Wildman–Crippen MR) is 215 cm³/mol. The molecule has 8 aromatic carbocycles. The first-order chi connectivity index (χ1) is 26.2. The zero-order valence-electron chi connectivity index (χ0n) is 29.2. The van der Waals surface area contributed by atoms with Gasteiger partial charge in [-0.1, -0.05) is 133 Å². The molecular weight excluding hydrogens is 653 g/mol. The molecule has 0 aromatic heterocycles. The summed E-state index contributed by atoms with van der Waals surface area (Å²) >= 11 is 0. The summed E-state index contributed by atoms with van der Waals surface area (Å²) in [7, 11) is 0. The lowest BCUT2D eigenvalue weighted by atomic mass is 9.64. The Morgan fingerprint density at radius 1 is 0.377 bits per heavy atom. The third kappa shape index (κ3) is 5.55. The Bertz CT molecular complexity index is 2410. The van der Waals surface area contributed by atoms with Crippen LogP contribution in [0.3, 0.4) is 0 Å². The Kier molecular flexibility index (Phi) is 8.47. The van der Waals surface area contributed by atoms with E-state index in [0.717, 1.165) is 33.4 Å². The SMILES string of the molecule is OCCOc1ccc(C2(c3ccc(OCCO)cc3)c3c(-c4ccc5ccccc5c4)cccc3-c3cccc(-c4ccc5ccccc5c4)c32)cc1. The molecule has 0 saturated carbocycles. The smallest absolute Gasteiger partial charge is 0.119 e. The minimum atomic E-state index is -0.764. The lowest BCUT2D eigenvalue weighted by Crippen LogP contribution is -2.30. The standard InChI is InChI=1S/C49H38O4/c50-27-29-52-41-23-19-39(20-24-41)49(40-21-25-42(26-22-40)53-30-28-51)47-43(37-17-15-33-7-1-3-9-35(33)31-37)11-5-13-45(47)46-14-6-12-44(48(46)49)38-18-16-34-8-2-4-10-36(34)32-38/h1-26,31-32,50-51H,27-30H2. The number of aliphatic hydroxyl groups is 2. The van der Waals surface area contributed by atoms with Crippen LogP contribution in [0.5, 0.6) is 11.5 Å². The first-order valence-corrected chi connectivity index (χ1v) is 18.1. The topological polar surface area (TPSA) is 58.9 Å². The highest BCUT2D eigenvalue weighted by atomic mass is 16.5. The van der Waals surface area contributed by atoms with Gasteiger partial charge < -0.3 is 19.7 Å². The van der Waals surface area contributed by atoms with Gasteiger partial charge in [0.1, 0.15) is 24.7 Å². The highest BCUT2D eigenvalue weighted by Crippen LogP contribution is 2.61. The van der Waals surface area contributed by atoms with Gasteiger partial charge in [-0.15, -0.1) is 0 Å². The van der Waals surface area contributed by atoms with E-state index in [1.807, 2.05) is 24.3 Å². The predicted octanol–water partition coefficient (Wildman–Crippen LogP) is 10.4. The second kappa shape index (κ2) is 13.7. The fraction of sp³-hybridized carbons (Fsp3) is 0.102. The first-order valence-electron chi connectivity index (χ1n) is 18.1. The number of fused-ring (bicyclic) bond motifs is 5. The van der Waals surface area contributed by atoms with E-state index in [4.69, 9.17) is 9.47 Å². The number of ether oxygens (including phenoxy) is 2. The Morgan fingerprint density at radius 3 is 1.19 bits per heavy atom. The molecule has 0 heterocycles. The van der Waals surface area contributed by atoms with Crippen molar-refractivity contribution in [2.24, 2.45) is 0 Å². The molecule has 0 spiro atoms. The number of hydrogen-bond donors (Lipinski definition) is 2. The van der Waals surface area contributed by atoms with E-state index < -0.39 is 5.41 Å². The number of benzene rings is 8. The second-order valence-corrected chi connectivity index (χ2v) is 13.5. The molecule has 8 aromatic rings. The summed E-state index contributed by atoms with van der Waals surface area (Å²) in [5.41, 5.74) is 10.9. The molecule has 9 rings (SSSR count). The average Bonchev–Trinajstić information content (AvgIpc) is 3.53. The van der Waals surface area contributed by atoms with E-state index in [0.29, 0.717) is 11.5 Å². The summed E-state index contributed by atoms with van der Waals surface area (Å²) in [5.74, 6) is 1.41. The van der Waals surface area contributed by atoms with Crippen molar-refractivity contribution in [2.75, 3.05) is 26.4 Å². The molecule has 4 nitrogen and oxygen atoms in total. The monoisotopic (exact) mass is 690 g/mol. The third-order valence-electron chi connectivity index (χ3n) is 10.6. The van der Waals surface area contributed by atoms with Crippen molar-refractivity contribution in [3.63, 3.8) is 0 Å². The maximum Gasteiger partial charge on any atom is 0.119 e. The van der Waals surface area contributed by atoms with Crippen molar-refractivity contribution in [2.45, 2.75) is 5.41 Å². The first kappa shape index (κ1) is 32.7. The van der Waals surface area contributed by atoms with Crippen LogP contribution in [0, 0.1) is 0 Å². The molecule has 0 fully saturated rings. The van der Waals surface area contributed by atoms with Gasteiger partial charge in [0.25, 0.3) is 0 Å². The number of hydrogen-bond acceptors (Lipinski definition) is 4. The summed E-state index contributed by atoms with van der Waals surface area (Å²) in [5, 5.41) is 23.8. The van der Waals surface area contributed by atoms with Crippen LogP contribution in [-0.4, -0.2) is 36.6 Å². The largest absolute Gasteiger partial charge is 0.491 e. The van der Waals surface area contributed by atoms with Crippen LogP contribution in [0.1, 0.15) is 22.3 Å². The van der Waals surface area contributed by atoms with Gasteiger partial charge in [-0.05, 0) is 114 Å². The van der Waals surface area contributed by atoms with Crippen LogP contribution in [0.4, 0.5) is 0 Å². The molecule has 1 aliphatic rings. The molecule has 4 heteroatoms. The van der Waals surface area contributed by atoms with Gasteiger partial charge in [0.05, 0.1) is 18.6 Å². The normalized spacial score (nSPS) is 12.8. The van der Waals surface area contributed by atoms with Crippen LogP contribution in [0.15, 0.2) is 170 Å². The van der Waals surface area contributed by atoms with E-state index in [1.54, 1.807) is 0 Å². The third-order valence-corrected chi connectivity index (χ3v) is 10.6. The van der Waals surface area contributed by atoms with Crippen LogP contribution >= 0.6 is 0 Å². The summed E-state index contributed by atoms with van der Waals surface area (Å²) in [6.07, 6.45) is 0. The van der Waals surface area contributed by atoms with Gasteiger partial charge in [-0.3, -0.25) is 0 Å². The summed E-state index contributed by atoms with van der Waals surface area (Å²) < 4.78 is 11.8. The fourth-order valence-corrected chi connectivity index (χ4v) is 8.35. The second-order valence-electron chi connectivity index (χ2n) is 13.5. The maximum absolute atomic E-state index is 9.50. The fourth-order valence-electron chi connectivity index (χ4n) is 8.35. The van der Waals surface area contributed by atoms with Gasteiger partial charge >= 0.3 is 0 Å². The zero-order chi connectivity index (χ0) is 35.8. The Balaban J connectivity index is 1.39. The minimum absolute atomic E-state index is 0.0542. The lowest BCUT2D eigenvalue weighted by Gasteiger charge is -2.37. The minimum Gasteiger partial charge on any atom is -0.491 e. The molecule has 0 bridgehead atoms. The molecule has 0 aliphatic heterocycles. The molecule has 2 N–H and O–H groups in total. The maximum atomic E-state index is 9.50. The Hall–Kier alpha value is -6.20. The van der Waals surface area contributed by atoms with E-state index >= 15 is 0 Å². The average molecular weight is 691 g/mol. The van der Waals surface area contributed by atoms with Crippen molar-refractivity contribution in [1.82, 2.24) is 0 Å². The zero-order valence-corrected chi connectivity index (χ0v) is 29.2. The molecule has 0 amide bonds. The van der Waals surface area contributed by atoms with Gasteiger partial charge in [0.2, 0.25) is 0 Å². The lowest BCUT2D eigenvalue weighted by molar-refractivity contribution is 0.201. The summed E-state index contributed by atoms with van der Waals surface area (Å²) in [4.78, 5) is 0. The summed E-state index contributed by atoms with van der Waals surface area (Å²) in [6, 6.07) is 60.8. The van der Waals surface area contributed by atoms with E-state index in [-0.39, 0.29) is 26.4 Å². The molecule has 258 valence electrons. The molecule has 0 radical (unpaired) electrons. The summed E-state index contributed by atoms with van der Waals surface area (Å²) in [6.45, 7) is 0.343. The van der Waals surface area contributed by atoms with Gasteiger partial charge in [-0.25, -0.2) is 0 Å². The highest BCUT2D eigenvalue weighted by molar-refractivity contribution is 5.99. The van der Waals surface area contributed by atoms with E-state index in [2.05, 4.69) is 146 Å². The van der Waals surface area contributed by atoms with Crippen LogP contribution < -0.4 is 9.47 Å². The molecule has 0 saturated heterocycles. The van der Waals surface area contributed by atoms with E-state index in [9.17, 15) is 10.2 Å². The molecule has 0 unspecified atom stereocenters. The van der Waals surface area contributed by atoms with Crippen molar-refractivity contribution in [1.29, 1.82) is 0 Å². The molecule has 0 atom stereocenters. The van der Waals surface area contributed by atoms with E-state index in [1.165, 1.54) is 43.8 Å². The van der Waals surface area contributed by atoms with Crippen LogP contribution in [-0.2, 0) is 5.41 Å². The van der Waals surface area contributed by atoms with Crippen molar-refractivity contribution in [3.8, 4) is 44.9 Å². The Morgan fingerprint density at radius 2 is 0.774 bits per heavy atom. The molecule has 53 heavy (non-hydrogen) atoms. The van der Waals surface area contributed by atoms with Gasteiger partial charge in [-0.2, -0.15) is 0 Å². The van der Waals surface area contributed by atoms with Gasteiger partial charge in [0, 0.05) is 0 Å². The van der Waals surface area contributed by atoms with Crippen molar-refractivity contribution >= 4 is 21.5 Å². The highest BCUT2D eigenvalue weighted by Gasteiger charge is 2.49. The van der Waals surface area contributed by atoms with Crippen molar-refractivity contribution in [3.05, 3.63) is 192 Å². The van der Waals surface area contributed by atoms with Crippen LogP contribution in [0.2, 0.25) is 0 Å².